The van der Waals surface area contributed by atoms with E-state index < -0.39 is 0 Å². The van der Waals surface area contributed by atoms with Crippen LogP contribution in [0.25, 0.3) is 0 Å². The molecule has 0 spiro atoms. The Bertz CT molecular complexity index is 128. The summed E-state index contributed by atoms with van der Waals surface area (Å²) in [5.41, 5.74) is 0. The van der Waals surface area contributed by atoms with Gasteiger partial charge < -0.3 is 9.84 Å². The molecule has 1 atom stereocenters. The minimum Gasteiger partial charge on any atom is -0.396 e. The third-order valence-corrected chi connectivity index (χ3v) is 2.20. The average Bonchev–Trinajstić information content (AvgIpc) is 2.48. The Hall–Kier alpha value is -0.120. The molecule has 0 aromatic carbocycles. The molecule has 1 aliphatic heterocycles. The summed E-state index contributed by atoms with van der Waals surface area (Å²) in [7, 11) is 0. The van der Waals surface area contributed by atoms with Crippen molar-refractivity contribution in [3.63, 3.8) is 0 Å². The zero-order chi connectivity index (χ0) is 8.97. The van der Waals surface area contributed by atoms with Gasteiger partial charge in [-0.2, -0.15) is 0 Å². The van der Waals surface area contributed by atoms with E-state index in [1.165, 1.54) is 0 Å². The number of ether oxygens (including phenoxy) is 1. The highest BCUT2D eigenvalue weighted by atomic mass is 16.5. The maximum absolute atomic E-state index is 8.68. The van der Waals surface area contributed by atoms with E-state index in [9.17, 15) is 0 Å². The van der Waals surface area contributed by atoms with Crippen LogP contribution in [0.4, 0.5) is 0 Å². The molecule has 1 heterocycles. The van der Waals surface area contributed by atoms with Crippen molar-refractivity contribution < 1.29 is 9.84 Å². The number of aliphatic hydroxyl groups excluding tert-OH is 1. The van der Waals surface area contributed by atoms with Crippen LogP contribution in [0.15, 0.2) is 0 Å². The summed E-state index contributed by atoms with van der Waals surface area (Å²) < 4.78 is 5.57. The SMILES string of the molecule is CC(C)C1OCCN1CCCO. The monoisotopic (exact) mass is 173 g/mol. The molecular formula is C9H19NO2. The Kier molecular flexibility index (Phi) is 3.98. The normalized spacial score (nSPS) is 25.5. The predicted octanol–water partition coefficient (Wildman–Crippen LogP) is 0.683. The van der Waals surface area contributed by atoms with E-state index in [4.69, 9.17) is 9.84 Å². The van der Waals surface area contributed by atoms with Crippen LogP contribution in [0.1, 0.15) is 20.3 Å². The molecular weight excluding hydrogens is 154 g/mol. The Balaban J connectivity index is 2.30. The number of aliphatic hydroxyl groups is 1. The van der Waals surface area contributed by atoms with Crippen LogP contribution in [0.5, 0.6) is 0 Å². The lowest BCUT2D eigenvalue weighted by molar-refractivity contribution is -0.00351. The lowest BCUT2D eigenvalue weighted by Gasteiger charge is -2.25. The van der Waals surface area contributed by atoms with Gasteiger partial charge >= 0.3 is 0 Å². The number of hydrogen-bond donors (Lipinski definition) is 1. The highest BCUT2D eigenvalue weighted by molar-refractivity contribution is 4.71. The molecule has 0 amide bonds. The Morgan fingerprint density at radius 2 is 2.33 bits per heavy atom. The van der Waals surface area contributed by atoms with Crippen molar-refractivity contribution in [2.45, 2.75) is 26.5 Å². The average molecular weight is 173 g/mol. The molecule has 1 fully saturated rings. The summed E-state index contributed by atoms with van der Waals surface area (Å²) in [6.07, 6.45) is 1.13. The van der Waals surface area contributed by atoms with Gasteiger partial charge in [0.05, 0.1) is 6.61 Å². The van der Waals surface area contributed by atoms with E-state index in [-0.39, 0.29) is 12.8 Å². The summed E-state index contributed by atoms with van der Waals surface area (Å²) in [5, 5.41) is 8.68. The fraction of sp³-hybridized carbons (Fsp3) is 1.00. The van der Waals surface area contributed by atoms with E-state index in [0.29, 0.717) is 5.92 Å². The van der Waals surface area contributed by atoms with Crippen molar-refractivity contribution in [3.8, 4) is 0 Å². The molecule has 1 unspecified atom stereocenters. The number of rotatable bonds is 4. The fourth-order valence-electron chi connectivity index (χ4n) is 1.65. The van der Waals surface area contributed by atoms with Crippen LogP contribution >= 0.6 is 0 Å². The van der Waals surface area contributed by atoms with Gasteiger partial charge in [0.15, 0.2) is 0 Å². The maximum atomic E-state index is 8.68. The quantitative estimate of drug-likeness (QED) is 0.678. The Morgan fingerprint density at radius 1 is 1.58 bits per heavy atom. The molecule has 0 aromatic rings. The second-order valence-corrected chi connectivity index (χ2v) is 3.62. The van der Waals surface area contributed by atoms with Crippen molar-refractivity contribution in [3.05, 3.63) is 0 Å². The van der Waals surface area contributed by atoms with Gasteiger partial charge in [0.25, 0.3) is 0 Å². The highest BCUT2D eigenvalue weighted by Crippen LogP contribution is 2.17. The van der Waals surface area contributed by atoms with Crippen LogP contribution in [0.3, 0.4) is 0 Å². The molecule has 12 heavy (non-hydrogen) atoms. The topological polar surface area (TPSA) is 32.7 Å². The second-order valence-electron chi connectivity index (χ2n) is 3.62. The van der Waals surface area contributed by atoms with Gasteiger partial charge in [0, 0.05) is 19.7 Å². The van der Waals surface area contributed by atoms with Gasteiger partial charge in [-0.05, 0) is 12.3 Å². The maximum Gasteiger partial charge on any atom is 0.113 e. The van der Waals surface area contributed by atoms with Gasteiger partial charge in [-0.25, -0.2) is 0 Å². The van der Waals surface area contributed by atoms with E-state index in [0.717, 1.165) is 26.1 Å². The minimum atomic E-state index is 0.275. The molecule has 0 aromatic heterocycles. The summed E-state index contributed by atoms with van der Waals surface area (Å²) in [4.78, 5) is 2.31. The molecule has 1 aliphatic rings. The fourth-order valence-corrected chi connectivity index (χ4v) is 1.65. The zero-order valence-electron chi connectivity index (χ0n) is 7.99. The van der Waals surface area contributed by atoms with Crippen molar-refractivity contribution in [2.24, 2.45) is 5.92 Å². The summed E-state index contributed by atoms with van der Waals surface area (Å²) in [6.45, 7) is 7.43. The van der Waals surface area contributed by atoms with Gasteiger partial charge in [-0.1, -0.05) is 13.8 Å². The highest BCUT2D eigenvalue weighted by Gasteiger charge is 2.26. The third-order valence-electron chi connectivity index (χ3n) is 2.20. The van der Waals surface area contributed by atoms with E-state index in [1.54, 1.807) is 0 Å². The van der Waals surface area contributed by atoms with Crippen LogP contribution in [0, 0.1) is 5.92 Å². The molecule has 1 saturated heterocycles. The van der Waals surface area contributed by atoms with Gasteiger partial charge in [-0.3, -0.25) is 4.90 Å². The Labute approximate surface area is 74.3 Å². The van der Waals surface area contributed by atoms with E-state index in [2.05, 4.69) is 18.7 Å². The standard InChI is InChI=1S/C9H19NO2/c1-8(2)9-10(4-3-6-11)5-7-12-9/h8-9,11H,3-7H2,1-2H3. The van der Waals surface area contributed by atoms with Crippen LogP contribution in [-0.2, 0) is 4.74 Å². The first-order valence-electron chi connectivity index (χ1n) is 4.72. The van der Waals surface area contributed by atoms with E-state index >= 15 is 0 Å². The zero-order valence-corrected chi connectivity index (χ0v) is 7.99. The molecule has 0 saturated carbocycles. The van der Waals surface area contributed by atoms with Crippen LogP contribution < -0.4 is 0 Å². The molecule has 1 rings (SSSR count). The molecule has 3 nitrogen and oxygen atoms in total. The van der Waals surface area contributed by atoms with Crippen molar-refractivity contribution >= 4 is 0 Å². The number of nitrogens with zero attached hydrogens (tertiary/aromatic N) is 1. The predicted molar refractivity (Wildman–Crippen MR) is 47.9 cm³/mol. The Morgan fingerprint density at radius 3 is 2.92 bits per heavy atom. The molecule has 0 aliphatic carbocycles. The summed E-state index contributed by atoms with van der Waals surface area (Å²) in [6, 6.07) is 0. The van der Waals surface area contributed by atoms with Crippen molar-refractivity contribution in [1.82, 2.24) is 4.90 Å². The first kappa shape index (κ1) is 9.96. The van der Waals surface area contributed by atoms with Gasteiger partial charge in [-0.15, -0.1) is 0 Å². The summed E-state index contributed by atoms with van der Waals surface area (Å²) >= 11 is 0. The lowest BCUT2D eigenvalue weighted by Crippen LogP contribution is -2.35. The van der Waals surface area contributed by atoms with Crippen LogP contribution in [0.2, 0.25) is 0 Å². The largest absolute Gasteiger partial charge is 0.396 e. The van der Waals surface area contributed by atoms with E-state index in [1.807, 2.05) is 0 Å². The molecule has 1 N–H and O–H groups in total. The molecule has 3 heteroatoms. The summed E-state index contributed by atoms with van der Waals surface area (Å²) in [5.74, 6) is 0.547. The smallest absolute Gasteiger partial charge is 0.113 e. The number of hydrogen-bond acceptors (Lipinski definition) is 3. The molecule has 72 valence electrons. The van der Waals surface area contributed by atoms with Crippen molar-refractivity contribution in [2.75, 3.05) is 26.3 Å². The van der Waals surface area contributed by atoms with Crippen LogP contribution in [-0.4, -0.2) is 42.5 Å². The van der Waals surface area contributed by atoms with Crippen molar-refractivity contribution in [1.29, 1.82) is 0 Å². The first-order chi connectivity index (χ1) is 5.75. The second kappa shape index (κ2) is 4.80. The minimum absolute atomic E-state index is 0.275. The lowest BCUT2D eigenvalue weighted by atomic mass is 10.2. The molecule has 0 radical (unpaired) electrons. The first-order valence-corrected chi connectivity index (χ1v) is 4.72. The van der Waals surface area contributed by atoms with Gasteiger partial charge in [0.2, 0.25) is 0 Å². The third kappa shape index (κ3) is 2.44. The molecule has 0 bridgehead atoms. The van der Waals surface area contributed by atoms with Gasteiger partial charge in [0.1, 0.15) is 6.23 Å².